The largest absolute Gasteiger partial charge is 0.348 e. The Bertz CT molecular complexity index is 320. The molecule has 0 radical (unpaired) electrons. The molecule has 2 atom stereocenters. The molecule has 0 aromatic carbocycles. The highest BCUT2D eigenvalue weighted by molar-refractivity contribution is 7.10. The number of rotatable bonds is 5. The van der Waals surface area contributed by atoms with Crippen molar-refractivity contribution < 1.29 is 4.79 Å². The summed E-state index contributed by atoms with van der Waals surface area (Å²) in [5.41, 5.74) is 5.61. The molecule has 1 aromatic rings. The van der Waals surface area contributed by atoms with Gasteiger partial charge in [-0.3, -0.25) is 4.79 Å². The molecule has 3 N–H and O–H groups in total. The molecular weight excluding hydrogens is 220 g/mol. The average molecular weight is 240 g/mol. The van der Waals surface area contributed by atoms with Crippen LogP contribution in [0.15, 0.2) is 17.5 Å². The fourth-order valence-electron chi connectivity index (χ4n) is 1.56. The summed E-state index contributed by atoms with van der Waals surface area (Å²) in [6.07, 6.45) is 0.384. The minimum Gasteiger partial charge on any atom is -0.348 e. The third-order valence-corrected chi connectivity index (χ3v) is 3.30. The first-order valence-electron chi connectivity index (χ1n) is 5.59. The Morgan fingerprint density at radius 1 is 1.50 bits per heavy atom. The van der Waals surface area contributed by atoms with E-state index in [9.17, 15) is 4.79 Å². The first-order valence-corrected chi connectivity index (χ1v) is 6.47. The Balaban J connectivity index is 2.63. The first-order chi connectivity index (χ1) is 7.50. The summed E-state index contributed by atoms with van der Waals surface area (Å²) in [6, 6.07) is 4.08. The van der Waals surface area contributed by atoms with Gasteiger partial charge in [-0.25, -0.2) is 0 Å². The summed E-state index contributed by atoms with van der Waals surface area (Å²) in [5.74, 6) is 0.415. The SMILES string of the molecule is CC(N)CC(=O)NC(c1cccs1)C(C)C. The van der Waals surface area contributed by atoms with Crippen molar-refractivity contribution in [1.29, 1.82) is 0 Å². The van der Waals surface area contributed by atoms with Crippen LogP contribution in [-0.4, -0.2) is 11.9 Å². The van der Waals surface area contributed by atoms with Gasteiger partial charge < -0.3 is 11.1 Å². The molecule has 16 heavy (non-hydrogen) atoms. The van der Waals surface area contributed by atoms with E-state index in [2.05, 4.69) is 25.2 Å². The molecule has 2 unspecified atom stereocenters. The van der Waals surface area contributed by atoms with Gasteiger partial charge in [-0.15, -0.1) is 11.3 Å². The average Bonchev–Trinajstić information content (AvgIpc) is 2.64. The summed E-state index contributed by atoms with van der Waals surface area (Å²) >= 11 is 1.67. The zero-order valence-corrected chi connectivity index (χ0v) is 10.9. The van der Waals surface area contributed by atoms with E-state index in [1.54, 1.807) is 11.3 Å². The first kappa shape index (κ1) is 13.2. The maximum atomic E-state index is 11.7. The van der Waals surface area contributed by atoms with Gasteiger partial charge >= 0.3 is 0 Å². The molecule has 0 bridgehead atoms. The lowest BCUT2D eigenvalue weighted by Gasteiger charge is -2.21. The number of amides is 1. The fraction of sp³-hybridized carbons (Fsp3) is 0.583. The van der Waals surface area contributed by atoms with Crippen molar-refractivity contribution >= 4 is 17.2 Å². The quantitative estimate of drug-likeness (QED) is 0.829. The smallest absolute Gasteiger partial charge is 0.222 e. The highest BCUT2D eigenvalue weighted by atomic mass is 32.1. The molecule has 0 spiro atoms. The molecule has 0 aliphatic rings. The van der Waals surface area contributed by atoms with E-state index in [0.29, 0.717) is 12.3 Å². The van der Waals surface area contributed by atoms with Crippen LogP contribution in [0, 0.1) is 5.92 Å². The molecule has 0 saturated heterocycles. The minimum atomic E-state index is -0.0869. The zero-order valence-electron chi connectivity index (χ0n) is 10.1. The number of hydrogen-bond acceptors (Lipinski definition) is 3. The Kier molecular flexibility index (Phi) is 4.96. The van der Waals surface area contributed by atoms with Crippen molar-refractivity contribution in [2.24, 2.45) is 11.7 Å². The van der Waals surface area contributed by atoms with Crippen LogP contribution >= 0.6 is 11.3 Å². The third-order valence-electron chi connectivity index (χ3n) is 2.34. The topological polar surface area (TPSA) is 55.1 Å². The molecule has 4 heteroatoms. The monoisotopic (exact) mass is 240 g/mol. The van der Waals surface area contributed by atoms with Gasteiger partial charge in [0.2, 0.25) is 5.91 Å². The van der Waals surface area contributed by atoms with E-state index in [-0.39, 0.29) is 18.0 Å². The molecule has 1 aromatic heterocycles. The number of nitrogens with one attached hydrogen (secondary N) is 1. The van der Waals surface area contributed by atoms with Crippen molar-refractivity contribution in [3.8, 4) is 0 Å². The van der Waals surface area contributed by atoms with Crippen LogP contribution in [0.2, 0.25) is 0 Å². The molecule has 1 rings (SSSR count). The molecule has 3 nitrogen and oxygen atoms in total. The van der Waals surface area contributed by atoms with Crippen LogP contribution in [0.4, 0.5) is 0 Å². The van der Waals surface area contributed by atoms with Crippen LogP contribution in [0.3, 0.4) is 0 Å². The summed E-state index contributed by atoms with van der Waals surface area (Å²) in [7, 11) is 0. The molecule has 0 fully saturated rings. The van der Waals surface area contributed by atoms with Gasteiger partial charge in [0.1, 0.15) is 0 Å². The Morgan fingerprint density at radius 3 is 2.62 bits per heavy atom. The van der Waals surface area contributed by atoms with Gasteiger partial charge in [0.05, 0.1) is 6.04 Å². The van der Waals surface area contributed by atoms with E-state index in [0.717, 1.165) is 0 Å². The number of hydrogen-bond donors (Lipinski definition) is 2. The van der Waals surface area contributed by atoms with Gasteiger partial charge in [-0.05, 0) is 24.3 Å². The van der Waals surface area contributed by atoms with E-state index in [1.807, 2.05) is 18.4 Å². The van der Waals surface area contributed by atoms with Crippen LogP contribution < -0.4 is 11.1 Å². The number of thiophene rings is 1. The molecule has 0 aliphatic carbocycles. The predicted molar refractivity (Wildman–Crippen MR) is 68.3 cm³/mol. The van der Waals surface area contributed by atoms with Crippen LogP contribution in [0.5, 0.6) is 0 Å². The molecule has 1 amide bonds. The Hall–Kier alpha value is -0.870. The lowest BCUT2D eigenvalue weighted by Crippen LogP contribution is -2.34. The van der Waals surface area contributed by atoms with Crippen molar-refractivity contribution in [1.82, 2.24) is 5.32 Å². The second kappa shape index (κ2) is 6.01. The summed E-state index contributed by atoms with van der Waals surface area (Å²) in [6.45, 7) is 6.06. The number of carbonyl (C=O) groups excluding carboxylic acids is 1. The van der Waals surface area contributed by atoms with Gasteiger partial charge in [-0.2, -0.15) is 0 Å². The van der Waals surface area contributed by atoms with Gasteiger partial charge in [0.25, 0.3) is 0 Å². The van der Waals surface area contributed by atoms with Crippen LogP contribution in [0.1, 0.15) is 38.1 Å². The summed E-state index contributed by atoms with van der Waals surface area (Å²) < 4.78 is 0. The molecule has 1 heterocycles. The molecular formula is C12H20N2OS. The van der Waals surface area contributed by atoms with Gasteiger partial charge in [-0.1, -0.05) is 19.9 Å². The minimum absolute atomic E-state index is 0.0297. The van der Waals surface area contributed by atoms with E-state index in [4.69, 9.17) is 5.73 Å². The fourth-order valence-corrected chi connectivity index (χ4v) is 2.51. The normalized spacial score (nSPS) is 14.8. The van der Waals surface area contributed by atoms with Crippen molar-refractivity contribution in [3.63, 3.8) is 0 Å². The Morgan fingerprint density at radius 2 is 2.19 bits per heavy atom. The van der Waals surface area contributed by atoms with E-state index in [1.165, 1.54) is 4.88 Å². The second-order valence-electron chi connectivity index (χ2n) is 4.49. The van der Waals surface area contributed by atoms with Crippen molar-refractivity contribution in [2.45, 2.75) is 39.3 Å². The summed E-state index contributed by atoms with van der Waals surface area (Å²) in [5, 5.41) is 5.07. The van der Waals surface area contributed by atoms with Crippen LogP contribution in [-0.2, 0) is 4.79 Å². The summed E-state index contributed by atoms with van der Waals surface area (Å²) in [4.78, 5) is 12.9. The highest BCUT2D eigenvalue weighted by Gasteiger charge is 2.19. The molecule has 0 aliphatic heterocycles. The highest BCUT2D eigenvalue weighted by Crippen LogP contribution is 2.25. The third kappa shape index (κ3) is 3.94. The number of carbonyl (C=O) groups is 1. The zero-order chi connectivity index (χ0) is 12.1. The lowest BCUT2D eigenvalue weighted by molar-refractivity contribution is -0.122. The van der Waals surface area contributed by atoms with E-state index < -0.39 is 0 Å². The van der Waals surface area contributed by atoms with Crippen LogP contribution in [0.25, 0.3) is 0 Å². The lowest BCUT2D eigenvalue weighted by atomic mass is 10.0. The molecule has 0 saturated carbocycles. The molecule has 90 valence electrons. The number of nitrogens with two attached hydrogens (primary N) is 1. The van der Waals surface area contributed by atoms with E-state index >= 15 is 0 Å². The van der Waals surface area contributed by atoms with Crippen molar-refractivity contribution in [2.75, 3.05) is 0 Å². The Labute approximate surface area is 101 Å². The van der Waals surface area contributed by atoms with Gasteiger partial charge in [0.15, 0.2) is 0 Å². The van der Waals surface area contributed by atoms with Crippen molar-refractivity contribution in [3.05, 3.63) is 22.4 Å². The maximum absolute atomic E-state index is 11.7. The van der Waals surface area contributed by atoms with Gasteiger partial charge in [0, 0.05) is 17.3 Å². The maximum Gasteiger partial charge on any atom is 0.222 e. The predicted octanol–water partition coefficient (Wildman–Crippen LogP) is 2.30. The standard InChI is InChI=1S/C12H20N2OS/c1-8(2)12(10-5-4-6-16-10)14-11(15)7-9(3)13/h4-6,8-9,12H,7,13H2,1-3H3,(H,14,15). The second-order valence-corrected chi connectivity index (χ2v) is 5.47.